The van der Waals surface area contributed by atoms with Gasteiger partial charge in [0, 0.05) is 0 Å². The third-order valence-corrected chi connectivity index (χ3v) is 0.536. The standard InChI is InChI=1S/C2H2N4O2/c7-2(8)6-1-3-4-5-6/h1H,(H,7,8)/p-1. The van der Waals surface area contributed by atoms with E-state index in [-0.39, 0.29) is 0 Å². The molecule has 6 heteroatoms. The molecule has 1 heterocycles. The topological polar surface area (TPSA) is 83.7 Å². The second-order valence-corrected chi connectivity index (χ2v) is 1.02. The second-order valence-electron chi connectivity index (χ2n) is 1.02. The van der Waals surface area contributed by atoms with Gasteiger partial charge in [0.2, 0.25) is 0 Å². The van der Waals surface area contributed by atoms with Crippen LogP contribution in [0.3, 0.4) is 0 Å². The van der Waals surface area contributed by atoms with Crippen LogP contribution in [-0.4, -0.2) is 26.3 Å². The van der Waals surface area contributed by atoms with Crippen molar-refractivity contribution in [3.8, 4) is 0 Å². The molecule has 1 aromatic heterocycles. The number of tetrazole rings is 1. The summed E-state index contributed by atoms with van der Waals surface area (Å²) in [5.74, 6) is 0. The maximum atomic E-state index is 9.77. The van der Waals surface area contributed by atoms with Gasteiger partial charge in [0.1, 0.15) is 6.33 Å². The van der Waals surface area contributed by atoms with Crippen molar-refractivity contribution in [3.05, 3.63) is 6.33 Å². The van der Waals surface area contributed by atoms with E-state index in [9.17, 15) is 9.90 Å². The first-order valence-electron chi connectivity index (χ1n) is 1.75. The average molecular weight is 113 g/mol. The minimum absolute atomic E-state index is 0.500. The summed E-state index contributed by atoms with van der Waals surface area (Å²) in [6.45, 7) is 0. The van der Waals surface area contributed by atoms with Crippen molar-refractivity contribution >= 4 is 6.09 Å². The second kappa shape index (κ2) is 1.57. The van der Waals surface area contributed by atoms with Gasteiger partial charge in [-0.3, -0.25) is 0 Å². The number of rotatable bonds is 0. The highest BCUT2D eigenvalue weighted by atomic mass is 16.4. The van der Waals surface area contributed by atoms with Crippen LogP contribution < -0.4 is 5.11 Å². The summed E-state index contributed by atoms with van der Waals surface area (Å²) in [4.78, 5) is 9.77. The molecule has 42 valence electrons. The van der Waals surface area contributed by atoms with Crippen molar-refractivity contribution in [3.63, 3.8) is 0 Å². The van der Waals surface area contributed by atoms with Crippen LogP contribution in [0.2, 0.25) is 0 Å². The van der Waals surface area contributed by atoms with Gasteiger partial charge < -0.3 is 9.90 Å². The molecule has 0 saturated carbocycles. The Hall–Kier alpha value is -1.46. The summed E-state index contributed by atoms with van der Waals surface area (Å²) in [5, 5.41) is 18.9. The van der Waals surface area contributed by atoms with E-state index in [0.29, 0.717) is 4.68 Å². The van der Waals surface area contributed by atoms with Crippen LogP contribution in [0.1, 0.15) is 0 Å². The number of hydrogen-bond donors (Lipinski definition) is 0. The summed E-state index contributed by atoms with van der Waals surface area (Å²) in [6.07, 6.45) is -0.495. The van der Waals surface area contributed by atoms with Crippen molar-refractivity contribution in [2.24, 2.45) is 0 Å². The highest BCUT2D eigenvalue weighted by molar-refractivity contribution is 5.63. The van der Waals surface area contributed by atoms with Gasteiger partial charge in [0.05, 0.1) is 0 Å². The first-order chi connectivity index (χ1) is 3.80. The fourth-order valence-corrected chi connectivity index (χ4v) is 0.245. The molecular weight excluding hydrogens is 112 g/mol. The largest absolute Gasteiger partial charge is 0.528 e. The zero-order valence-electron chi connectivity index (χ0n) is 3.68. The number of carboxylic acid groups (broad SMARTS) is 1. The Kier molecular flexibility index (Phi) is 0.918. The molecule has 0 N–H and O–H groups in total. The Morgan fingerprint density at radius 3 is 2.75 bits per heavy atom. The van der Waals surface area contributed by atoms with Gasteiger partial charge in [-0.05, 0) is 10.4 Å². The van der Waals surface area contributed by atoms with Crippen molar-refractivity contribution in [1.29, 1.82) is 0 Å². The fraction of sp³-hybridized carbons (Fsp3) is 0. The Balaban J connectivity index is 2.93. The van der Waals surface area contributed by atoms with Crippen LogP contribution in [-0.2, 0) is 0 Å². The van der Waals surface area contributed by atoms with Gasteiger partial charge in [-0.2, -0.15) is 4.68 Å². The molecule has 0 aliphatic rings. The van der Waals surface area contributed by atoms with Crippen LogP contribution in [0.4, 0.5) is 4.79 Å². The highest BCUT2D eigenvalue weighted by Crippen LogP contribution is 1.68. The zero-order valence-corrected chi connectivity index (χ0v) is 3.68. The summed E-state index contributed by atoms with van der Waals surface area (Å²) < 4.78 is 0.500. The zero-order chi connectivity index (χ0) is 5.98. The summed E-state index contributed by atoms with van der Waals surface area (Å²) >= 11 is 0. The van der Waals surface area contributed by atoms with Crippen molar-refractivity contribution in [2.75, 3.05) is 0 Å². The predicted molar refractivity (Wildman–Crippen MR) is 18.6 cm³/mol. The van der Waals surface area contributed by atoms with E-state index in [0.717, 1.165) is 6.33 Å². The smallest absolute Gasteiger partial charge is 0.167 e. The lowest BCUT2D eigenvalue weighted by atomic mass is 11.1. The molecular formula is C2HN4O2-. The average Bonchev–Trinajstić information content (AvgIpc) is 2.12. The van der Waals surface area contributed by atoms with Crippen LogP contribution in [0.25, 0.3) is 0 Å². The van der Waals surface area contributed by atoms with Gasteiger partial charge >= 0.3 is 0 Å². The summed E-state index contributed by atoms with van der Waals surface area (Å²) in [7, 11) is 0. The molecule has 0 fully saturated rings. The van der Waals surface area contributed by atoms with Crippen LogP contribution in [0.15, 0.2) is 6.33 Å². The number of carbonyl (C=O) groups excluding carboxylic acids is 1. The number of carbonyl (C=O) groups is 1. The number of nitrogens with zero attached hydrogens (tertiary/aromatic N) is 4. The lowest BCUT2D eigenvalue weighted by Crippen LogP contribution is -2.29. The first kappa shape index (κ1) is 4.69. The maximum absolute atomic E-state index is 9.77. The van der Waals surface area contributed by atoms with Gasteiger partial charge in [0.15, 0.2) is 6.09 Å². The van der Waals surface area contributed by atoms with Crippen molar-refractivity contribution < 1.29 is 9.90 Å². The first-order valence-corrected chi connectivity index (χ1v) is 1.75. The van der Waals surface area contributed by atoms with E-state index in [2.05, 4.69) is 15.5 Å². The van der Waals surface area contributed by atoms with E-state index < -0.39 is 6.09 Å². The summed E-state index contributed by atoms with van der Waals surface area (Å²) in [5.41, 5.74) is 0. The quantitative estimate of drug-likeness (QED) is 0.358. The highest BCUT2D eigenvalue weighted by Gasteiger charge is 1.86. The molecule has 6 nitrogen and oxygen atoms in total. The van der Waals surface area contributed by atoms with Gasteiger partial charge in [-0.25, -0.2) is 0 Å². The molecule has 1 rings (SSSR count). The molecule has 0 aromatic carbocycles. The Morgan fingerprint density at radius 2 is 2.50 bits per heavy atom. The van der Waals surface area contributed by atoms with Crippen molar-refractivity contribution in [2.45, 2.75) is 0 Å². The molecule has 0 saturated heterocycles. The molecule has 0 amide bonds. The molecule has 0 unspecified atom stereocenters. The Bertz CT molecular complexity index is 180. The number of aromatic nitrogens is 4. The molecule has 0 aliphatic carbocycles. The van der Waals surface area contributed by atoms with E-state index >= 15 is 0 Å². The molecule has 0 atom stereocenters. The van der Waals surface area contributed by atoms with Gasteiger partial charge in [-0.15, -0.1) is 5.10 Å². The molecule has 1 aromatic rings. The van der Waals surface area contributed by atoms with Crippen molar-refractivity contribution in [1.82, 2.24) is 20.2 Å². The monoisotopic (exact) mass is 113 g/mol. The maximum Gasteiger partial charge on any atom is 0.167 e. The molecule has 8 heavy (non-hydrogen) atoms. The molecule has 0 aliphatic heterocycles. The fourth-order valence-electron chi connectivity index (χ4n) is 0.245. The Morgan fingerprint density at radius 1 is 1.75 bits per heavy atom. The normalized spacial score (nSPS) is 9.00. The SMILES string of the molecule is O=C([O-])n1cnnn1. The minimum atomic E-state index is -1.44. The van der Waals surface area contributed by atoms with Crippen LogP contribution >= 0.6 is 0 Å². The lowest BCUT2D eigenvalue weighted by Gasteiger charge is -1.93. The third-order valence-electron chi connectivity index (χ3n) is 0.536. The molecule has 0 bridgehead atoms. The predicted octanol–water partition coefficient (Wildman–Crippen LogP) is -2.14. The third kappa shape index (κ3) is 0.625. The minimum Gasteiger partial charge on any atom is -0.528 e. The molecule has 0 radical (unpaired) electrons. The summed E-state index contributed by atoms with van der Waals surface area (Å²) in [6, 6.07) is 0. The van der Waals surface area contributed by atoms with E-state index in [4.69, 9.17) is 0 Å². The lowest BCUT2D eigenvalue weighted by molar-refractivity contribution is -0.251. The van der Waals surface area contributed by atoms with E-state index in [1.165, 1.54) is 0 Å². The van der Waals surface area contributed by atoms with E-state index in [1.807, 2.05) is 0 Å². The van der Waals surface area contributed by atoms with Gasteiger partial charge in [0.25, 0.3) is 0 Å². The van der Waals surface area contributed by atoms with Crippen LogP contribution in [0.5, 0.6) is 0 Å². The van der Waals surface area contributed by atoms with Gasteiger partial charge in [-0.1, -0.05) is 0 Å². The Labute approximate surface area is 43.7 Å². The molecule has 0 spiro atoms. The van der Waals surface area contributed by atoms with E-state index in [1.54, 1.807) is 0 Å². The number of hydrogen-bond acceptors (Lipinski definition) is 5. The van der Waals surface area contributed by atoms with Crippen LogP contribution in [0, 0.1) is 0 Å².